The van der Waals surface area contributed by atoms with Crippen LogP contribution in [-0.4, -0.2) is 29.3 Å². The van der Waals surface area contributed by atoms with Crippen LogP contribution < -0.4 is 5.32 Å². The third-order valence-corrected chi connectivity index (χ3v) is 4.24. The molecule has 0 saturated carbocycles. The molecular weight excluding hydrogens is 298 g/mol. The molecular formula is C16H17N3O2S. The maximum atomic E-state index is 12.1. The summed E-state index contributed by atoms with van der Waals surface area (Å²) < 4.78 is 0. The number of hydrogen-bond donors (Lipinski definition) is 1. The van der Waals surface area contributed by atoms with Gasteiger partial charge in [0.1, 0.15) is 0 Å². The molecule has 2 heterocycles. The number of thiazole rings is 1. The standard InChI is InChI=1S/C16H17N3O2S/c1-11-18-13(10-22-11)7-8-17-16(20)15-9-14(19-21-15)12-5-3-2-4-6-12/h2-6,10,15H,7-9H2,1H3,(H,17,20)/t15-/m0/s1. The lowest BCUT2D eigenvalue weighted by Crippen LogP contribution is -2.36. The van der Waals surface area contributed by atoms with Crippen molar-refractivity contribution in [1.82, 2.24) is 10.3 Å². The Kier molecular flexibility index (Phi) is 4.48. The molecule has 0 unspecified atom stereocenters. The lowest BCUT2D eigenvalue weighted by atomic mass is 10.0. The zero-order valence-corrected chi connectivity index (χ0v) is 13.1. The minimum Gasteiger partial charge on any atom is -0.382 e. The first-order chi connectivity index (χ1) is 10.7. The van der Waals surface area contributed by atoms with Crippen molar-refractivity contribution >= 4 is 23.0 Å². The monoisotopic (exact) mass is 315 g/mol. The van der Waals surface area contributed by atoms with Crippen molar-refractivity contribution in [2.45, 2.75) is 25.9 Å². The summed E-state index contributed by atoms with van der Waals surface area (Å²) in [5.41, 5.74) is 2.82. The van der Waals surface area contributed by atoms with Gasteiger partial charge in [0.25, 0.3) is 5.91 Å². The lowest BCUT2D eigenvalue weighted by Gasteiger charge is -2.08. The van der Waals surface area contributed by atoms with Gasteiger partial charge < -0.3 is 10.2 Å². The number of amides is 1. The van der Waals surface area contributed by atoms with Gasteiger partial charge in [0.05, 0.1) is 16.4 Å². The Morgan fingerprint density at radius 2 is 2.23 bits per heavy atom. The number of carbonyl (C=O) groups excluding carboxylic acids is 1. The largest absolute Gasteiger partial charge is 0.382 e. The molecule has 0 spiro atoms. The van der Waals surface area contributed by atoms with E-state index < -0.39 is 6.10 Å². The van der Waals surface area contributed by atoms with E-state index in [1.165, 1.54) is 0 Å². The van der Waals surface area contributed by atoms with E-state index in [1.807, 2.05) is 42.6 Å². The fourth-order valence-electron chi connectivity index (χ4n) is 2.27. The predicted octanol–water partition coefficient (Wildman–Crippen LogP) is 2.30. The molecule has 0 radical (unpaired) electrons. The van der Waals surface area contributed by atoms with Gasteiger partial charge in [-0.3, -0.25) is 4.79 Å². The molecule has 114 valence electrons. The highest BCUT2D eigenvalue weighted by Gasteiger charge is 2.28. The molecule has 3 rings (SSSR count). The topological polar surface area (TPSA) is 63.6 Å². The molecule has 0 aliphatic carbocycles. The molecule has 22 heavy (non-hydrogen) atoms. The quantitative estimate of drug-likeness (QED) is 0.921. The number of benzene rings is 1. The fourth-order valence-corrected chi connectivity index (χ4v) is 2.92. The Labute approximate surface area is 133 Å². The van der Waals surface area contributed by atoms with Crippen LogP contribution in [-0.2, 0) is 16.1 Å². The molecule has 1 aromatic carbocycles. The third-order valence-electron chi connectivity index (χ3n) is 3.42. The first-order valence-electron chi connectivity index (χ1n) is 7.19. The van der Waals surface area contributed by atoms with Gasteiger partial charge in [0.2, 0.25) is 6.10 Å². The molecule has 1 aliphatic heterocycles. The first kappa shape index (κ1) is 14.7. The van der Waals surface area contributed by atoms with E-state index in [-0.39, 0.29) is 5.91 Å². The highest BCUT2D eigenvalue weighted by atomic mass is 32.1. The maximum absolute atomic E-state index is 12.1. The fraction of sp³-hybridized carbons (Fsp3) is 0.312. The second-order valence-corrected chi connectivity index (χ2v) is 6.16. The number of nitrogens with one attached hydrogen (secondary N) is 1. The second kappa shape index (κ2) is 6.70. The summed E-state index contributed by atoms with van der Waals surface area (Å²) in [6.45, 7) is 2.53. The van der Waals surface area contributed by atoms with Gasteiger partial charge in [-0.15, -0.1) is 11.3 Å². The number of carbonyl (C=O) groups is 1. The first-order valence-corrected chi connectivity index (χ1v) is 8.07. The van der Waals surface area contributed by atoms with Gasteiger partial charge in [0, 0.05) is 24.8 Å². The van der Waals surface area contributed by atoms with Crippen molar-refractivity contribution in [3.8, 4) is 0 Å². The van der Waals surface area contributed by atoms with Crippen LogP contribution in [0.5, 0.6) is 0 Å². The van der Waals surface area contributed by atoms with Gasteiger partial charge in [-0.05, 0) is 12.5 Å². The predicted molar refractivity (Wildman–Crippen MR) is 86.0 cm³/mol. The third kappa shape index (κ3) is 3.51. The summed E-state index contributed by atoms with van der Waals surface area (Å²) in [6, 6.07) is 9.77. The molecule has 1 atom stereocenters. The average Bonchev–Trinajstić information content (AvgIpc) is 3.17. The maximum Gasteiger partial charge on any atom is 0.264 e. The van der Waals surface area contributed by atoms with E-state index in [0.717, 1.165) is 28.4 Å². The molecule has 1 aromatic heterocycles. The van der Waals surface area contributed by atoms with Crippen LogP contribution in [0.15, 0.2) is 40.9 Å². The SMILES string of the molecule is Cc1nc(CCNC(=O)[C@@H]2CC(c3ccccc3)=NO2)cs1. The number of aromatic nitrogens is 1. The highest BCUT2D eigenvalue weighted by Crippen LogP contribution is 2.16. The lowest BCUT2D eigenvalue weighted by molar-refractivity contribution is -0.131. The summed E-state index contributed by atoms with van der Waals surface area (Å²) in [5.74, 6) is -0.123. The highest BCUT2D eigenvalue weighted by molar-refractivity contribution is 7.09. The second-order valence-electron chi connectivity index (χ2n) is 5.10. The smallest absolute Gasteiger partial charge is 0.264 e. The van der Waals surface area contributed by atoms with E-state index in [1.54, 1.807) is 11.3 Å². The van der Waals surface area contributed by atoms with Crippen molar-refractivity contribution in [1.29, 1.82) is 0 Å². The van der Waals surface area contributed by atoms with E-state index in [2.05, 4.69) is 15.5 Å². The van der Waals surface area contributed by atoms with Crippen LogP contribution in [0.3, 0.4) is 0 Å². The Bertz CT molecular complexity index is 682. The zero-order valence-electron chi connectivity index (χ0n) is 12.3. The molecule has 1 amide bonds. The van der Waals surface area contributed by atoms with Crippen molar-refractivity contribution in [2.75, 3.05) is 6.54 Å². The van der Waals surface area contributed by atoms with Gasteiger partial charge in [-0.25, -0.2) is 4.98 Å². The normalized spacial score (nSPS) is 17.0. The Hall–Kier alpha value is -2.21. The Morgan fingerprint density at radius 3 is 2.95 bits per heavy atom. The summed E-state index contributed by atoms with van der Waals surface area (Å²) in [6.07, 6.45) is 0.702. The number of hydrogen-bond acceptors (Lipinski definition) is 5. The van der Waals surface area contributed by atoms with Crippen molar-refractivity contribution in [2.24, 2.45) is 5.16 Å². The van der Waals surface area contributed by atoms with Crippen LogP contribution in [0.1, 0.15) is 22.7 Å². The Balaban J connectivity index is 1.46. The van der Waals surface area contributed by atoms with Crippen molar-refractivity contribution in [3.05, 3.63) is 52.0 Å². The van der Waals surface area contributed by atoms with Gasteiger partial charge in [-0.2, -0.15) is 0 Å². The van der Waals surface area contributed by atoms with Crippen LogP contribution in [0, 0.1) is 6.92 Å². The number of rotatable bonds is 5. The summed E-state index contributed by atoms with van der Waals surface area (Å²) >= 11 is 1.62. The van der Waals surface area contributed by atoms with E-state index in [9.17, 15) is 4.79 Å². The van der Waals surface area contributed by atoms with Crippen molar-refractivity contribution < 1.29 is 9.63 Å². The number of aryl methyl sites for hydroxylation is 1. The van der Waals surface area contributed by atoms with Gasteiger partial charge in [0.15, 0.2) is 0 Å². The molecule has 6 heteroatoms. The molecule has 1 aliphatic rings. The van der Waals surface area contributed by atoms with Gasteiger partial charge >= 0.3 is 0 Å². The molecule has 1 N–H and O–H groups in total. The average molecular weight is 315 g/mol. The number of oxime groups is 1. The van der Waals surface area contributed by atoms with E-state index in [4.69, 9.17) is 4.84 Å². The summed E-state index contributed by atoms with van der Waals surface area (Å²) in [5, 5.41) is 9.97. The van der Waals surface area contributed by atoms with Gasteiger partial charge in [-0.1, -0.05) is 35.5 Å². The Morgan fingerprint density at radius 1 is 1.41 bits per heavy atom. The van der Waals surface area contributed by atoms with Crippen LogP contribution in [0.2, 0.25) is 0 Å². The summed E-state index contributed by atoms with van der Waals surface area (Å²) in [7, 11) is 0. The minimum absolute atomic E-state index is 0.123. The van der Waals surface area contributed by atoms with Crippen molar-refractivity contribution in [3.63, 3.8) is 0 Å². The van der Waals surface area contributed by atoms with Crippen LogP contribution >= 0.6 is 11.3 Å². The number of nitrogens with zero attached hydrogens (tertiary/aromatic N) is 2. The molecule has 0 fully saturated rings. The molecule has 2 aromatic rings. The van der Waals surface area contributed by atoms with Crippen LogP contribution in [0.4, 0.5) is 0 Å². The molecule has 0 bridgehead atoms. The van der Waals surface area contributed by atoms with E-state index in [0.29, 0.717) is 13.0 Å². The molecule has 5 nitrogen and oxygen atoms in total. The van der Waals surface area contributed by atoms with Crippen LogP contribution in [0.25, 0.3) is 0 Å². The zero-order chi connectivity index (χ0) is 15.4. The van der Waals surface area contributed by atoms with E-state index >= 15 is 0 Å². The molecule has 0 saturated heterocycles. The summed E-state index contributed by atoms with van der Waals surface area (Å²) in [4.78, 5) is 21.7. The minimum atomic E-state index is -0.535.